The van der Waals surface area contributed by atoms with Gasteiger partial charge in [-0.3, -0.25) is 4.84 Å². The Hall–Kier alpha value is -0.360. The molecule has 4 atom stereocenters. The largest absolute Gasteiger partial charge is 0.468 e. The Balaban J connectivity index is 1.80. The summed E-state index contributed by atoms with van der Waals surface area (Å²) in [5.74, 6) is -0.471. The van der Waals surface area contributed by atoms with E-state index in [-0.39, 0.29) is 5.41 Å². The monoisotopic (exact) mass is 273 g/mol. The second-order valence-corrected chi connectivity index (χ2v) is 6.62. The predicted octanol–water partition coefficient (Wildman–Crippen LogP) is 0.440. The molecule has 5 nitrogen and oxygen atoms in total. The second-order valence-electron chi connectivity index (χ2n) is 6.02. The predicted molar refractivity (Wildman–Crippen MR) is 61.8 cm³/mol. The standard InChI is InChI=1S/C12H16ClNO4/c1-17-9(16)12(13)8-7(15)2-5-14(8)18-11(12)6-10(11)3-4-10/h7-8,15H,2-6H2,1H3/t7-,8-,11?,12+/m0/s1. The summed E-state index contributed by atoms with van der Waals surface area (Å²) in [6, 6.07) is -0.480. The molecule has 4 aliphatic rings. The molecule has 2 aliphatic heterocycles. The summed E-state index contributed by atoms with van der Waals surface area (Å²) in [4.78, 5) is 17.0. The third-order valence-electron chi connectivity index (χ3n) is 5.24. The lowest BCUT2D eigenvalue weighted by Gasteiger charge is -2.30. The van der Waals surface area contributed by atoms with Gasteiger partial charge < -0.3 is 9.84 Å². The molecule has 100 valence electrons. The van der Waals surface area contributed by atoms with Crippen molar-refractivity contribution in [2.45, 2.75) is 48.3 Å². The number of esters is 1. The summed E-state index contributed by atoms with van der Waals surface area (Å²) in [5, 5.41) is 11.8. The summed E-state index contributed by atoms with van der Waals surface area (Å²) in [7, 11) is 1.34. The van der Waals surface area contributed by atoms with E-state index in [1.165, 1.54) is 7.11 Å². The van der Waals surface area contributed by atoms with E-state index in [4.69, 9.17) is 21.2 Å². The molecule has 0 bridgehead atoms. The van der Waals surface area contributed by atoms with Gasteiger partial charge in [0, 0.05) is 12.0 Å². The molecular formula is C12H16ClNO4. The molecule has 0 amide bonds. The van der Waals surface area contributed by atoms with Gasteiger partial charge in [0.05, 0.1) is 19.3 Å². The average Bonchev–Trinajstić information content (AvgIpc) is 3.19. The van der Waals surface area contributed by atoms with E-state index in [0.29, 0.717) is 13.0 Å². The number of hydroxylamine groups is 2. The number of aliphatic hydroxyl groups is 1. The summed E-state index contributed by atoms with van der Waals surface area (Å²) >= 11 is 6.69. The summed E-state index contributed by atoms with van der Waals surface area (Å²) in [6.45, 7) is 0.620. The van der Waals surface area contributed by atoms with E-state index < -0.39 is 28.6 Å². The number of alkyl halides is 1. The highest BCUT2D eigenvalue weighted by Gasteiger charge is 2.90. The first-order valence-electron chi connectivity index (χ1n) is 6.42. The highest BCUT2D eigenvalue weighted by molar-refractivity contribution is 6.36. The molecule has 0 aromatic rings. The molecule has 18 heavy (non-hydrogen) atoms. The molecule has 0 aromatic heterocycles. The van der Waals surface area contributed by atoms with Gasteiger partial charge in [0.25, 0.3) is 0 Å². The molecule has 4 fully saturated rings. The van der Waals surface area contributed by atoms with Crippen molar-refractivity contribution in [1.82, 2.24) is 5.06 Å². The third-order valence-corrected chi connectivity index (χ3v) is 5.93. The fourth-order valence-corrected chi connectivity index (χ4v) is 4.69. The molecule has 0 aromatic carbocycles. The number of ether oxygens (including phenoxy) is 1. The van der Waals surface area contributed by atoms with E-state index in [2.05, 4.69) is 0 Å². The highest BCUT2D eigenvalue weighted by Crippen LogP contribution is 2.82. The molecule has 2 spiro atoms. The first-order valence-corrected chi connectivity index (χ1v) is 6.80. The van der Waals surface area contributed by atoms with Gasteiger partial charge in [0.1, 0.15) is 5.60 Å². The van der Waals surface area contributed by atoms with Gasteiger partial charge in [-0.15, -0.1) is 11.6 Å². The topological polar surface area (TPSA) is 59.0 Å². The number of carbonyl (C=O) groups excluding carboxylic acids is 1. The minimum absolute atomic E-state index is 0.0625. The van der Waals surface area contributed by atoms with E-state index in [0.717, 1.165) is 19.3 Å². The zero-order chi connectivity index (χ0) is 12.8. The van der Waals surface area contributed by atoms with Crippen LogP contribution < -0.4 is 0 Å². The maximum Gasteiger partial charge on any atom is 0.331 e. The minimum Gasteiger partial charge on any atom is -0.468 e. The smallest absolute Gasteiger partial charge is 0.331 e. The summed E-state index contributed by atoms with van der Waals surface area (Å²) < 4.78 is 4.90. The molecule has 2 aliphatic carbocycles. The molecule has 2 saturated heterocycles. The van der Waals surface area contributed by atoms with Crippen LogP contribution in [0.15, 0.2) is 0 Å². The third kappa shape index (κ3) is 0.975. The van der Waals surface area contributed by atoms with Crippen molar-refractivity contribution in [1.29, 1.82) is 0 Å². The summed E-state index contributed by atoms with van der Waals surface area (Å²) in [5.41, 5.74) is -0.576. The van der Waals surface area contributed by atoms with Crippen molar-refractivity contribution in [2.75, 3.05) is 13.7 Å². The fraction of sp³-hybridized carbons (Fsp3) is 0.917. The fourth-order valence-electron chi connectivity index (χ4n) is 4.06. The molecule has 2 saturated carbocycles. The minimum atomic E-state index is -1.26. The molecule has 2 heterocycles. The first kappa shape index (κ1) is 11.5. The van der Waals surface area contributed by atoms with Gasteiger partial charge in [-0.05, 0) is 25.7 Å². The van der Waals surface area contributed by atoms with Gasteiger partial charge in [0.2, 0.25) is 0 Å². The number of rotatable bonds is 1. The van der Waals surface area contributed by atoms with Crippen LogP contribution in [0.2, 0.25) is 0 Å². The van der Waals surface area contributed by atoms with E-state index in [1.54, 1.807) is 5.06 Å². The van der Waals surface area contributed by atoms with E-state index in [9.17, 15) is 9.90 Å². The van der Waals surface area contributed by atoms with Gasteiger partial charge in [-0.1, -0.05) is 0 Å². The lowest BCUT2D eigenvalue weighted by atomic mass is 9.87. The van der Waals surface area contributed by atoms with Crippen molar-refractivity contribution in [3.63, 3.8) is 0 Å². The zero-order valence-corrected chi connectivity index (χ0v) is 10.9. The Morgan fingerprint density at radius 2 is 2.28 bits per heavy atom. The van der Waals surface area contributed by atoms with Crippen LogP contribution in [0.1, 0.15) is 25.7 Å². The SMILES string of the molecule is COC(=O)[C@]1(Cl)[C@@H]2[C@@H](O)CCN2OC12CC21CC1. The Morgan fingerprint density at radius 3 is 2.83 bits per heavy atom. The molecule has 1 unspecified atom stereocenters. The van der Waals surface area contributed by atoms with Crippen molar-refractivity contribution in [3.8, 4) is 0 Å². The van der Waals surface area contributed by atoms with Crippen LogP contribution in [0.25, 0.3) is 0 Å². The second kappa shape index (κ2) is 3.03. The van der Waals surface area contributed by atoms with Gasteiger partial charge >= 0.3 is 5.97 Å². The number of aliphatic hydroxyl groups excluding tert-OH is 1. The van der Waals surface area contributed by atoms with Gasteiger partial charge in [-0.25, -0.2) is 4.79 Å². The van der Waals surface area contributed by atoms with Gasteiger partial charge in [-0.2, -0.15) is 5.06 Å². The number of nitrogens with zero attached hydrogens (tertiary/aromatic N) is 1. The number of halogens is 1. The van der Waals surface area contributed by atoms with Crippen molar-refractivity contribution >= 4 is 17.6 Å². The van der Waals surface area contributed by atoms with Crippen LogP contribution in [0.4, 0.5) is 0 Å². The van der Waals surface area contributed by atoms with Gasteiger partial charge in [0.15, 0.2) is 4.87 Å². The van der Waals surface area contributed by atoms with Crippen LogP contribution in [-0.4, -0.2) is 52.4 Å². The lowest BCUT2D eigenvalue weighted by Crippen LogP contribution is -2.56. The van der Waals surface area contributed by atoms with Crippen LogP contribution >= 0.6 is 11.6 Å². The number of fused-ring (bicyclic) bond motifs is 2. The average molecular weight is 274 g/mol. The van der Waals surface area contributed by atoms with E-state index >= 15 is 0 Å². The van der Waals surface area contributed by atoms with Crippen molar-refractivity contribution in [2.24, 2.45) is 5.41 Å². The number of hydrogen-bond donors (Lipinski definition) is 1. The van der Waals surface area contributed by atoms with Crippen LogP contribution in [0.3, 0.4) is 0 Å². The number of carbonyl (C=O) groups is 1. The Kier molecular flexibility index (Phi) is 1.93. The Labute approximate surface area is 110 Å². The summed E-state index contributed by atoms with van der Waals surface area (Å²) in [6.07, 6.45) is 2.86. The Morgan fingerprint density at radius 1 is 1.56 bits per heavy atom. The molecule has 1 N–H and O–H groups in total. The van der Waals surface area contributed by atoms with E-state index in [1.807, 2.05) is 0 Å². The van der Waals surface area contributed by atoms with Crippen LogP contribution in [0.5, 0.6) is 0 Å². The number of methoxy groups -OCH3 is 1. The maximum atomic E-state index is 12.2. The van der Waals surface area contributed by atoms with Crippen molar-refractivity contribution < 1.29 is 19.5 Å². The molecule has 0 radical (unpaired) electrons. The quantitative estimate of drug-likeness (QED) is 0.555. The maximum absolute atomic E-state index is 12.2. The van der Waals surface area contributed by atoms with Crippen molar-refractivity contribution in [3.05, 3.63) is 0 Å². The normalized spacial score (nSPS) is 51.7. The zero-order valence-electron chi connectivity index (χ0n) is 10.2. The molecule has 6 heteroatoms. The van der Waals surface area contributed by atoms with Crippen LogP contribution in [0, 0.1) is 5.41 Å². The number of hydrogen-bond acceptors (Lipinski definition) is 5. The molecule has 4 rings (SSSR count). The molecular weight excluding hydrogens is 258 g/mol. The lowest BCUT2D eigenvalue weighted by molar-refractivity contribution is -0.170. The van der Waals surface area contributed by atoms with Crippen LogP contribution in [-0.2, 0) is 14.4 Å². The first-order chi connectivity index (χ1) is 8.51. The highest BCUT2D eigenvalue weighted by atomic mass is 35.5. The Bertz CT molecular complexity index is 440.